The largest absolute Gasteiger partial charge is 0.405 e. The molecular weight excluding hydrogens is 279 g/mol. The van der Waals surface area contributed by atoms with Crippen molar-refractivity contribution in [2.75, 3.05) is 18.0 Å². The van der Waals surface area contributed by atoms with Crippen molar-refractivity contribution in [3.05, 3.63) is 23.4 Å². The molecule has 0 fully saturated rings. The predicted octanol–water partition coefficient (Wildman–Crippen LogP) is 3.62. The van der Waals surface area contributed by atoms with E-state index in [9.17, 15) is 13.2 Å². The summed E-state index contributed by atoms with van der Waals surface area (Å²) in [6.07, 6.45) is -3.63. The van der Waals surface area contributed by atoms with E-state index in [1.165, 1.54) is 4.90 Å². The lowest BCUT2D eigenvalue weighted by molar-refractivity contribution is -0.119. The van der Waals surface area contributed by atoms with Gasteiger partial charge in [0.05, 0.1) is 0 Å². The number of nitrogens with zero attached hydrogens (tertiary/aromatic N) is 2. The fourth-order valence-corrected chi connectivity index (χ4v) is 2.00. The first-order valence-electron chi connectivity index (χ1n) is 7.10. The highest BCUT2D eigenvalue weighted by Gasteiger charge is 2.31. The number of hydrogen-bond acceptors (Lipinski definition) is 3. The fraction of sp³-hybridized carbons (Fsp3) is 0.667. The van der Waals surface area contributed by atoms with Gasteiger partial charge in [0.15, 0.2) is 0 Å². The van der Waals surface area contributed by atoms with Gasteiger partial charge in [0.1, 0.15) is 12.4 Å². The summed E-state index contributed by atoms with van der Waals surface area (Å²) in [5.41, 5.74) is 6.98. The maximum atomic E-state index is 12.7. The third-order valence-corrected chi connectivity index (χ3v) is 3.06. The Hall–Kier alpha value is -1.30. The minimum atomic E-state index is -4.25. The monoisotopic (exact) mass is 303 g/mol. The lowest BCUT2D eigenvalue weighted by atomic mass is 9.90. The van der Waals surface area contributed by atoms with Gasteiger partial charge in [-0.05, 0) is 24.1 Å². The van der Waals surface area contributed by atoms with Crippen molar-refractivity contribution in [1.82, 2.24) is 4.98 Å². The number of anilines is 1. The third kappa shape index (κ3) is 5.53. The van der Waals surface area contributed by atoms with Crippen LogP contribution in [0.1, 0.15) is 45.4 Å². The Balaban J connectivity index is 3.23. The Kier molecular flexibility index (Phi) is 5.61. The minimum Gasteiger partial charge on any atom is -0.348 e. The van der Waals surface area contributed by atoms with E-state index in [0.29, 0.717) is 18.8 Å². The molecule has 21 heavy (non-hydrogen) atoms. The van der Waals surface area contributed by atoms with Gasteiger partial charge in [-0.25, -0.2) is 4.98 Å². The molecule has 1 aromatic rings. The molecule has 2 N–H and O–H groups in total. The number of nitrogens with two attached hydrogens (primary N) is 1. The average molecular weight is 303 g/mol. The first-order valence-corrected chi connectivity index (χ1v) is 7.10. The summed E-state index contributed by atoms with van der Waals surface area (Å²) in [4.78, 5) is 5.70. The van der Waals surface area contributed by atoms with Gasteiger partial charge >= 0.3 is 6.18 Å². The minimum absolute atomic E-state index is 0.240. The third-order valence-electron chi connectivity index (χ3n) is 3.06. The zero-order valence-corrected chi connectivity index (χ0v) is 13.1. The van der Waals surface area contributed by atoms with Crippen LogP contribution in [0.3, 0.4) is 0 Å². The molecule has 1 heterocycles. The Morgan fingerprint density at radius 2 is 1.81 bits per heavy atom. The van der Waals surface area contributed by atoms with E-state index < -0.39 is 12.7 Å². The molecule has 0 aliphatic carbocycles. The second kappa shape index (κ2) is 6.64. The van der Waals surface area contributed by atoms with Crippen LogP contribution in [0, 0.1) is 0 Å². The smallest absolute Gasteiger partial charge is 0.348 e. The number of rotatable bonds is 5. The van der Waals surface area contributed by atoms with Gasteiger partial charge in [0.2, 0.25) is 0 Å². The van der Waals surface area contributed by atoms with Crippen molar-refractivity contribution in [3.63, 3.8) is 0 Å². The molecule has 0 radical (unpaired) electrons. The maximum absolute atomic E-state index is 12.7. The van der Waals surface area contributed by atoms with Gasteiger partial charge in [-0.2, -0.15) is 13.2 Å². The SMILES string of the molecule is CCCN(CC(F)(F)F)c1cc(CN)cc(C(C)(C)C)n1. The summed E-state index contributed by atoms with van der Waals surface area (Å²) >= 11 is 0. The fourth-order valence-electron chi connectivity index (χ4n) is 2.00. The standard InChI is InChI=1S/C15H24F3N3/c1-5-6-21(10-15(16,17)18)13-8-11(9-19)7-12(20-13)14(2,3)4/h7-8H,5-6,9-10,19H2,1-4H3. The number of pyridine rings is 1. The number of aromatic nitrogens is 1. The van der Waals surface area contributed by atoms with Crippen molar-refractivity contribution >= 4 is 5.82 Å². The predicted molar refractivity (Wildman–Crippen MR) is 79.4 cm³/mol. The molecule has 0 aliphatic heterocycles. The zero-order valence-electron chi connectivity index (χ0n) is 13.1. The van der Waals surface area contributed by atoms with Crippen LogP contribution in [0.2, 0.25) is 0 Å². The zero-order chi connectivity index (χ0) is 16.3. The topological polar surface area (TPSA) is 42.1 Å². The highest BCUT2D eigenvalue weighted by atomic mass is 19.4. The molecule has 0 spiro atoms. The highest BCUT2D eigenvalue weighted by molar-refractivity contribution is 5.44. The van der Waals surface area contributed by atoms with Crippen molar-refractivity contribution in [3.8, 4) is 0 Å². The number of alkyl halides is 3. The van der Waals surface area contributed by atoms with E-state index in [0.717, 1.165) is 11.3 Å². The molecule has 120 valence electrons. The van der Waals surface area contributed by atoms with E-state index in [-0.39, 0.29) is 12.0 Å². The summed E-state index contributed by atoms with van der Waals surface area (Å²) in [5, 5.41) is 0. The summed E-state index contributed by atoms with van der Waals surface area (Å²) in [6.45, 7) is 7.38. The number of hydrogen-bond donors (Lipinski definition) is 1. The van der Waals surface area contributed by atoms with Crippen LogP contribution in [0.15, 0.2) is 12.1 Å². The van der Waals surface area contributed by atoms with Crippen molar-refractivity contribution in [2.45, 2.75) is 52.3 Å². The van der Waals surface area contributed by atoms with Gasteiger partial charge in [0, 0.05) is 24.2 Å². The molecular formula is C15H24F3N3. The summed E-state index contributed by atoms with van der Waals surface area (Å²) < 4.78 is 38.2. The van der Waals surface area contributed by atoms with Gasteiger partial charge in [-0.1, -0.05) is 27.7 Å². The Morgan fingerprint density at radius 3 is 2.24 bits per heavy atom. The first kappa shape index (κ1) is 17.8. The van der Waals surface area contributed by atoms with Crippen LogP contribution in [0.5, 0.6) is 0 Å². The molecule has 1 aromatic heterocycles. The van der Waals surface area contributed by atoms with Crippen molar-refractivity contribution < 1.29 is 13.2 Å². The molecule has 0 atom stereocenters. The van der Waals surface area contributed by atoms with Crippen LogP contribution in [0.25, 0.3) is 0 Å². The van der Waals surface area contributed by atoms with Gasteiger partial charge < -0.3 is 10.6 Å². The lowest BCUT2D eigenvalue weighted by Gasteiger charge is -2.27. The number of halogens is 3. The Labute approximate surface area is 124 Å². The molecule has 0 aliphatic rings. The second-order valence-electron chi connectivity index (χ2n) is 6.21. The van der Waals surface area contributed by atoms with E-state index in [1.54, 1.807) is 6.07 Å². The summed E-state index contributed by atoms with van der Waals surface area (Å²) in [6, 6.07) is 3.51. The van der Waals surface area contributed by atoms with Crippen LogP contribution in [0.4, 0.5) is 19.0 Å². The summed E-state index contributed by atoms with van der Waals surface area (Å²) in [7, 11) is 0. The van der Waals surface area contributed by atoms with Crippen molar-refractivity contribution in [2.24, 2.45) is 5.73 Å². The lowest BCUT2D eigenvalue weighted by Crippen LogP contribution is -2.36. The van der Waals surface area contributed by atoms with Crippen molar-refractivity contribution in [1.29, 1.82) is 0 Å². The molecule has 6 heteroatoms. The van der Waals surface area contributed by atoms with E-state index in [4.69, 9.17) is 5.73 Å². The maximum Gasteiger partial charge on any atom is 0.405 e. The molecule has 0 amide bonds. The van der Waals surface area contributed by atoms with E-state index in [1.807, 2.05) is 33.8 Å². The molecule has 0 saturated carbocycles. The molecule has 0 bridgehead atoms. The molecule has 3 nitrogen and oxygen atoms in total. The van der Waals surface area contributed by atoms with E-state index in [2.05, 4.69) is 4.98 Å². The van der Waals surface area contributed by atoms with Gasteiger partial charge in [-0.15, -0.1) is 0 Å². The quantitative estimate of drug-likeness (QED) is 0.903. The van der Waals surface area contributed by atoms with Crippen LogP contribution < -0.4 is 10.6 Å². The molecule has 0 saturated heterocycles. The highest BCUT2D eigenvalue weighted by Crippen LogP contribution is 2.27. The Bertz CT molecular complexity index is 464. The second-order valence-corrected chi connectivity index (χ2v) is 6.21. The van der Waals surface area contributed by atoms with Crippen LogP contribution >= 0.6 is 0 Å². The molecule has 0 aromatic carbocycles. The van der Waals surface area contributed by atoms with Gasteiger partial charge in [0.25, 0.3) is 0 Å². The molecule has 1 rings (SSSR count). The average Bonchev–Trinajstić information content (AvgIpc) is 2.35. The summed E-state index contributed by atoms with van der Waals surface area (Å²) in [5.74, 6) is 0.349. The van der Waals surface area contributed by atoms with Crippen LogP contribution in [-0.4, -0.2) is 24.2 Å². The normalized spacial score (nSPS) is 12.6. The van der Waals surface area contributed by atoms with Gasteiger partial charge in [-0.3, -0.25) is 0 Å². The van der Waals surface area contributed by atoms with E-state index >= 15 is 0 Å². The van der Waals surface area contributed by atoms with Crippen LogP contribution in [-0.2, 0) is 12.0 Å². The molecule has 0 unspecified atom stereocenters. The first-order chi connectivity index (χ1) is 9.56. The Morgan fingerprint density at radius 1 is 1.19 bits per heavy atom.